The van der Waals surface area contributed by atoms with Crippen LogP contribution in [0.4, 0.5) is 11.6 Å². The highest BCUT2D eigenvalue weighted by molar-refractivity contribution is 5.96. The standard InChI is InChI=1S/C25H32N6O2/c1-2-3-14-26-25-27-16-21-23(17-6-8-18(9-7-17)30-15-4-5-22(30)33)29-31(24(21)28-25)19-10-12-20(32)13-11-19/h6-9,16,19-20,32H,2-5,10-15H2,1H3,(H,26,27,28). The van der Waals surface area contributed by atoms with E-state index in [1.54, 1.807) is 0 Å². The predicted molar refractivity (Wildman–Crippen MR) is 129 cm³/mol. The van der Waals surface area contributed by atoms with E-state index in [4.69, 9.17) is 10.1 Å². The third-order valence-corrected chi connectivity index (χ3v) is 6.80. The third kappa shape index (κ3) is 4.44. The number of carbonyl (C=O) groups is 1. The SMILES string of the molecule is CCCCNc1ncc2c(-c3ccc(N4CCCC4=O)cc3)nn(C3CCC(O)CC3)c2n1. The first-order chi connectivity index (χ1) is 16.1. The van der Waals surface area contributed by atoms with Crippen LogP contribution in [0.5, 0.6) is 0 Å². The smallest absolute Gasteiger partial charge is 0.227 e. The van der Waals surface area contributed by atoms with Crippen LogP contribution in [-0.2, 0) is 4.79 Å². The van der Waals surface area contributed by atoms with E-state index in [9.17, 15) is 9.90 Å². The molecule has 1 aliphatic carbocycles. The fourth-order valence-electron chi connectivity index (χ4n) is 4.88. The maximum atomic E-state index is 12.1. The molecule has 33 heavy (non-hydrogen) atoms. The summed E-state index contributed by atoms with van der Waals surface area (Å²) in [6.07, 6.45) is 8.70. The van der Waals surface area contributed by atoms with E-state index in [0.29, 0.717) is 12.4 Å². The zero-order chi connectivity index (χ0) is 22.8. The number of anilines is 2. The van der Waals surface area contributed by atoms with Gasteiger partial charge in [-0.1, -0.05) is 25.5 Å². The van der Waals surface area contributed by atoms with Gasteiger partial charge in [-0.15, -0.1) is 0 Å². The second-order valence-corrected chi connectivity index (χ2v) is 9.16. The number of aliphatic hydroxyl groups is 1. The molecule has 0 unspecified atom stereocenters. The lowest BCUT2D eigenvalue weighted by Gasteiger charge is -2.25. The lowest BCUT2D eigenvalue weighted by molar-refractivity contribution is -0.117. The van der Waals surface area contributed by atoms with E-state index in [2.05, 4.69) is 17.2 Å². The topological polar surface area (TPSA) is 96.2 Å². The van der Waals surface area contributed by atoms with Gasteiger partial charge in [0.2, 0.25) is 11.9 Å². The number of carbonyl (C=O) groups excluding carboxylic acids is 1. The molecule has 0 atom stereocenters. The van der Waals surface area contributed by atoms with Crippen LogP contribution in [0.25, 0.3) is 22.3 Å². The number of nitrogens with one attached hydrogen (secondary N) is 1. The molecule has 1 aliphatic heterocycles. The summed E-state index contributed by atoms with van der Waals surface area (Å²) in [5, 5.41) is 19.2. The fraction of sp³-hybridized carbons (Fsp3) is 0.520. The van der Waals surface area contributed by atoms with E-state index in [1.165, 1.54) is 0 Å². The van der Waals surface area contributed by atoms with Crippen LogP contribution >= 0.6 is 0 Å². The molecule has 2 aliphatic rings. The van der Waals surface area contributed by atoms with Crippen molar-refractivity contribution in [2.75, 3.05) is 23.3 Å². The van der Waals surface area contributed by atoms with E-state index in [0.717, 1.165) is 86.0 Å². The monoisotopic (exact) mass is 448 g/mol. The summed E-state index contributed by atoms with van der Waals surface area (Å²) < 4.78 is 2.04. The van der Waals surface area contributed by atoms with E-state index < -0.39 is 0 Å². The van der Waals surface area contributed by atoms with E-state index >= 15 is 0 Å². The second kappa shape index (κ2) is 9.47. The van der Waals surface area contributed by atoms with Crippen LogP contribution in [0.3, 0.4) is 0 Å². The van der Waals surface area contributed by atoms with E-state index in [-0.39, 0.29) is 18.1 Å². The minimum Gasteiger partial charge on any atom is -0.393 e. The quantitative estimate of drug-likeness (QED) is 0.523. The van der Waals surface area contributed by atoms with Crippen molar-refractivity contribution < 1.29 is 9.90 Å². The molecule has 2 fully saturated rings. The molecule has 8 nitrogen and oxygen atoms in total. The Balaban J connectivity index is 1.50. The minimum atomic E-state index is -0.218. The molecule has 1 saturated heterocycles. The Morgan fingerprint density at radius 3 is 2.64 bits per heavy atom. The summed E-state index contributed by atoms with van der Waals surface area (Å²) in [5.41, 5.74) is 3.61. The maximum Gasteiger partial charge on any atom is 0.227 e. The second-order valence-electron chi connectivity index (χ2n) is 9.16. The molecule has 2 N–H and O–H groups in total. The van der Waals surface area contributed by atoms with Crippen molar-refractivity contribution in [3.05, 3.63) is 30.5 Å². The Hall–Kier alpha value is -3.00. The van der Waals surface area contributed by atoms with Crippen LogP contribution in [-0.4, -0.2) is 50.0 Å². The highest BCUT2D eigenvalue weighted by atomic mass is 16.3. The minimum absolute atomic E-state index is 0.188. The molecule has 0 spiro atoms. The Labute approximate surface area is 194 Å². The number of rotatable bonds is 7. The van der Waals surface area contributed by atoms with Crippen LogP contribution in [0.1, 0.15) is 64.3 Å². The number of aliphatic hydroxyl groups excluding tert-OH is 1. The van der Waals surface area contributed by atoms with Gasteiger partial charge in [0.15, 0.2) is 5.65 Å². The Morgan fingerprint density at radius 2 is 1.94 bits per heavy atom. The average molecular weight is 449 g/mol. The molecule has 8 heteroatoms. The van der Waals surface area contributed by atoms with Gasteiger partial charge in [-0.3, -0.25) is 4.79 Å². The van der Waals surface area contributed by atoms with E-state index in [1.807, 2.05) is 40.0 Å². The zero-order valence-electron chi connectivity index (χ0n) is 19.2. The van der Waals surface area contributed by atoms with Gasteiger partial charge < -0.3 is 15.3 Å². The molecular weight excluding hydrogens is 416 g/mol. The van der Waals surface area contributed by atoms with Crippen molar-refractivity contribution in [2.45, 2.75) is 70.4 Å². The summed E-state index contributed by atoms with van der Waals surface area (Å²) >= 11 is 0. The van der Waals surface area contributed by atoms with Crippen molar-refractivity contribution in [3.63, 3.8) is 0 Å². The number of nitrogens with zero attached hydrogens (tertiary/aromatic N) is 5. The van der Waals surface area contributed by atoms with Crippen molar-refractivity contribution in [3.8, 4) is 11.3 Å². The van der Waals surface area contributed by atoms with Gasteiger partial charge in [0, 0.05) is 37.0 Å². The van der Waals surface area contributed by atoms with Crippen LogP contribution in [0, 0.1) is 0 Å². The number of fused-ring (bicyclic) bond motifs is 1. The van der Waals surface area contributed by atoms with Gasteiger partial charge in [-0.2, -0.15) is 10.1 Å². The molecule has 174 valence electrons. The number of aromatic nitrogens is 4. The van der Waals surface area contributed by atoms with Crippen LogP contribution in [0.2, 0.25) is 0 Å². The Bertz CT molecular complexity index is 1120. The number of amides is 1. The fourth-order valence-corrected chi connectivity index (χ4v) is 4.88. The molecule has 5 rings (SSSR count). The maximum absolute atomic E-state index is 12.1. The predicted octanol–water partition coefficient (Wildman–Crippen LogP) is 4.31. The lowest BCUT2D eigenvalue weighted by atomic mass is 9.93. The molecule has 0 bridgehead atoms. The molecule has 0 radical (unpaired) electrons. The summed E-state index contributed by atoms with van der Waals surface area (Å²) in [6, 6.07) is 8.28. The molecule has 1 aromatic carbocycles. The van der Waals surface area contributed by atoms with Gasteiger partial charge in [-0.05, 0) is 50.7 Å². The van der Waals surface area contributed by atoms with Crippen molar-refractivity contribution in [2.24, 2.45) is 0 Å². The van der Waals surface area contributed by atoms with Gasteiger partial charge in [-0.25, -0.2) is 9.67 Å². The Morgan fingerprint density at radius 1 is 1.15 bits per heavy atom. The zero-order valence-corrected chi connectivity index (χ0v) is 19.2. The van der Waals surface area contributed by atoms with Gasteiger partial charge >= 0.3 is 0 Å². The molecular formula is C25H32N6O2. The van der Waals surface area contributed by atoms with Crippen molar-refractivity contribution in [1.82, 2.24) is 19.7 Å². The summed E-state index contributed by atoms with van der Waals surface area (Å²) in [5.74, 6) is 0.816. The molecule has 2 aromatic heterocycles. The van der Waals surface area contributed by atoms with Crippen LogP contribution < -0.4 is 10.2 Å². The number of unbranched alkanes of at least 4 members (excludes halogenated alkanes) is 1. The van der Waals surface area contributed by atoms with Gasteiger partial charge in [0.1, 0.15) is 5.69 Å². The van der Waals surface area contributed by atoms with Crippen molar-refractivity contribution >= 4 is 28.6 Å². The number of hydrogen-bond acceptors (Lipinski definition) is 6. The lowest BCUT2D eigenvalue weighted by Crippen LogP contribution is -2.23. The first-order valence-corrected chi connectivity index (χ1v) is 12.2. The Kier molecular flexibility index (Phi) is 6.26. The number of benzene rings is 1. The van der Waals surface area contributed by atoms with Crippen molar-refractivity contribution in [1.29, 1.82) is 0 Å². The molecule has 3 heterocycles. The van der Waals surface area contributed by atoms with Gasteiger partial charge in [0.05, 0.1) is 17.5 Å². The largest absolute Gasteiger partial charge is 0.393 e. The summed E-state index contributed by atoms with van der Waals surface area (Å²) in [7, 11) is 0. The van der Waals surface area contributed by atoms with Gasteiger partial charge in [0.25, 0.3) is 0 Å². The average Bonchev–Trinajstić information content (AvgIpc) is 3.43. The first kappa shape index (κ1) is 21.8. The number of hydrogen-bond donors (Lipinski definition) is 2. The molecule has 1 amide bonds. The summed E-state index contributed by atoms with van der Waals surface area (Å²) in [6.45, 7) is 3.79. The molecule has 3 aromatic rings. The highest BCUT2D eigenvalue weighted by Crippen LogP contribution is 2.35. The summed E-state index contributed by atoms with van der Waals surface area (Å²) in [4.78, 5) is 23.4. The van der Waals surface area contributed by atoms with Crippen LogP contribution in [0.15, 0.2) is 30.5 Å². The molecule has 1 saturated carbocycles. The first-order valence-electron chi connectivity index (χ1n) is 12.2. The third-order valence-electron chi connectivity index (χ3n) is 6.80. The highest BCUT2D eigenvalue weighted by Gasteiger charge is 2.26. The normalized spacial score (nSPS) is 21.2.